The summed E-state index contributed by atoms with van der Waals surface area (Å²) in [5, 5.41) is 12.4. The van der Waals surface area contributed by atoms with Crippen molar-refractivity contribution in [1.29, 1.82) is 0 Å². The second-order valence-electron chi connectivity index (χ2n) is 5.63. The summed E-state index contributed by atoms with van der Waals surface area (Å²) < 4.78 is 0. The molecule has 5 heteroatoms. The van der Waals surface area contributed by atoms with E-state index in [1.165, 1.54) is 5.69 Å². The highest BCUT2D eigenvalue weighted by Crippen LogP contribution is 2.18. The lowest BCUT2D eigenvalue weighted by Crippen LogP contribution is -2.32. The predicted octanol–water partition coefficient (Wildman–Crippen LogP) is 1.26. The second kappa shape index (κ2) is 8.32. The maximum Gasteiger partial charge on any atom is 0.0572 e. The molecule has 0 aliphatic carbocycles. The zero-order valence-electron chi connectivity index (χ0n) is 13.3. The van der Waals surface area contributed by atoms with Gasteiger partial charge in [-0.2, -0.15) is 0 Å². The van der Waals surface area contributed by atoms with Gasteiger partial charge in [-0.1, -0.05) is 6.92 Å². The Balaban J connectivity index is 1.95. The zero-order valence-corrected chi connectivity index (χ0v) is 13.3. The van der Waals surface area contributed by atoms with Crippen molar-refractivity contribution >= 4 is 5.69 Å². The maximum atomic E-state index is 9.05. The standard InChI is InChI=1S/C16H28N4O/c1-3-17-14(2)16-6-5-15(13-18-16)20-8-4-7-19(9-10-20)11-12-21/h5-6,13-14,17,21H,3-4,7-12H2,1-2H3. The van der Waals surface area contributed by atoms with Crippen LogP contribution in [0.2, 0.25) is 0 Å². The van der Waals surface area contributed by atoms with Crippen molar-refractivity contribution in [3.8, 4) is 0 Å². The number of hydrogen-bond acceptors (Lipinski definition) is 5. The Hall–Kier alpha value is -1.17. The van der Waals surface area contributed by atoms with Gasteiger partial charge in [-0.25, -0.2) is 0 Å². The van der Waals surface area contributed by atoms with Gasteiger partial charge in [0.25, 0.3) is 0 Å². The van der Waals surface area contributed by atoms with Crippen molar-refractivity contribution in [3.05, 3.63) is 24.0 Å². The Morgan fingerprint density at radius 2 is 2.14 bits per heavy atom. The number of aliphatic hydroxyl groups excluding tert-OH is 1. The molecule has 1 atom stereocenters. The van der Waals surface area contributed by atoms with E-state index in [9.17, 15) is 0 Å². The average Bonchev–Trinajstić information content (AvgIpc) is 2.74. The average molecular weight is 292 g/mol. The first kappa shape index (κ1) is 16.2. The molecule has 1 fully saturated rings. The Labute approximate surface area is 128 Å². The first-order chi connectivity index (χ1) is 10.2. The molecule has 0 spiro atoms. The van der Waals surface area contributed by atoms with Crippen LogP contribution in [0.25, 0.3) is 0 Å². The van der Waals surface area contributed by atoms with E-state index < -0.39 is 0 Å². The number of hydrogen-bond donors (Lipinski definition) is 2. The molecule has 1 aromatic heterocycles. The lowest BCUT2D eigenvalue weighted by atomic mass is 10.2. The number of anilines is 1. The predicted molar refractivity (Wildman–Crippen MR) is 86.7 cm³/mol. The number of nitrogens with zero attached hydrogens (tertiary/aromatic N) is 3. The SMILES string of the molecule is CCNC(C)c1ccc(N2CCCN(CCO)CC2)cn1. The fourth-order valence-corrected chi connectivity index (χ4v) is 2.85. The zero-order chi connectivity index (χ0) is 15.1. The van der Waals surface area contributed by atoms with Gasteiger partial charge in [0.15, 0.2) is 0 Å². The van der Waals surface area contributed by atoms with Crippen LogP contribution in [0.4, 0.5) is 5.69 Å². The molecule has 2 heterocycles. The molecule has 1 saturated heterocycles. The number of β-amino-alcohol motifs (C(OH)–C–C–N with tert-alkyl or cyclic N) is 1. The number of aromatic nitrogens is 1. The van der Waals surface area contributed by atoms with E-state index >= 15 is 0 Å². The summed E-state index contributed by atoms with van der Waals surface area (Å²) in [5.74, 6) is 0. The van der Waals surface area contributed by atoms with Gasteiger partial charge in [0, 0.05) is 32.2 Å². The third kappa shape index (κ3) is 4.66. The van der Waals surface area contributed by atoms with Gasteiger partial charge in [-0.05, 0) is 38.6 Å². The topological polar surface area (TPSA) is 51.6 Å². The number of nitrogens with one attached hydrogen (secondary N) is 1. The highest BCUT2D eigenvalue weighted by molar-refractivity contribution is 5.45. The Bertz CT molecular complexity index is 409. The molecule has 2 rings (SSSR count). The van der Waals surface area contributed by atoms with E-state index in [2.05, 4.69) is 46.1 Å². The summed E-state index contributed by atoms with van der Waals surface area (Å²) in [4.78, 5) is 9.32. The quantitative estimate of drug-likeness (QED) is 0.826. The van der Waals surface area contributed by atoms with Gasteiger partial charge >= 0.3 is 0 Å². The van der Waals surface area contributed by atoms with Crippen molar-refractivity contribution in [2.45, 2.75) is 26.3 Å². The normalized spacial score (nSPS) is 18.5. The molecule has 0 amide bonds. The van der Waals surface area contributed by atoms with Crippen molar-refractivity contribution in [3.63, 3.8) is 0 Å². The van der Waals surface area contributed by atoms with Crippen LogP contribution < -0.4 is 10.2 Å². The Kier molecular flexibility index (Phi) is 6.42. The molecule has 0 saturated carbocycles. The molecule has 21 heavy (non-hydrogen) atoms. The summed E-state index contributed by atoms with van der Waals surface area (Å²) in [6.07, 6.45) is 3.13. The van der Waals surface area contributed by atoms with E-state index in [-0.39, 0.29) is 6.61 Å². The molecule has 0 bridgehead atoms. The van der Waals surface area contributed by atoms with Gasteiger partial charge < -0.3 is 15.3 Å². The van der Waals surface area contributed by atoms with E-state index in [1.54, 1.807) is 0 Å². The van der Waals surface area contributed by atoms with Crippen molar-refractivity contribution < 1.29 is 5.11 Å². The smallest absolute Gasteiger partial charge is 0.0572 e. The van der Waals surface area contributed by atoms with Gasteiger partial charge in [-0.3, -0.25) is 9.88 Å². The van der Waals surface area contributed by atoms with Crippen molar-refractivity contribution in [2.75, 3.05) is 50.8 Å². The van der Waals surface area contributed by atoms with E-state index in [4.69, 9.17) is 5.11 Å². The van der Waals surface area contributed by atoms with Crippen LogP contribution in [-0.2, 0) is 0 Å². The fraction of sp³-hybridized carbons (Fsp3) is 0.688. The summed E-state index contributed by atoms with van der Waals surface area (Å²) in [7, 11) is 0. The van der Waals surface area contributed by atoms with Gasteiger partial charge in [0.05, 0.1) is 24.2 Å². The summed E-state index contributed by atoms with van der Waals surface area (Å²) in [6.45, 7) is 10.4. The third-order valence-electron chi connectivity index (χ3n) is 4.09. The lowest BCUT2D eigenvalue weighted by Gasteiger charge is -2.23. The van der Waals surface area contributed by atoms with Crippen LogP contribution in [0, 0.1) is 0 Å². The number of rotatable bonds is 6. The molecular formula is C16H28N4O. The van der Waals surface area contributed by atoms with Crippen LogP contribution in [0.3, 0.4) is 0 Å². The van der Waals surface area contributed by atoms with Crippen molar-refractivity contribution in [1.82, 2.24) is 15.2 Å². The van der Waals surface area contributed by atoms with E-state index in [0.29, 0.717) is 6.04 Å². The monoisotopic (exact) mass is 292 g/mol. The van der Waals surface area contributed by atoms with Crippen molar-refractivity contribution in [2.24, 2.45) is 0 Å². The van der Waals surface area contributed by atoms with E-state index in [1.807, 2.05) is 6.20 Å². The second-order valence-corrected chi connectivity index (χ2v) is 5.63. The Morgan fingerprint density at radius 1 is 1.29 bits per heavy atom. The molecule has 1 unspecified atom stereocenters. The first-order valence-corrected chi connectivity index (χ1v) is 8.02. The minimum absolute atomic E-state index is 0.249. The lowest BCUT2D eigenvalue weighted by molar-refractivity contribution is 0.204. The van der Waals surface area contributed by atoms with Gasteiger partial charge in [-0.15, -0.1) is 0 Å². The molecule has 5 nitrogen and oxygen atoms in total. The molecule has 1 aliphatic heterocycles. The highest BCUT2D eigenvalue weighted by atomic mass is 16.3. The molecule has 1 aromatic rings. The highest BCUT2D eigenvalue weighted by Gasteiger charge is 2.15. The van der Waals surface area contributed by atoms with Gasteiger partial charge in [0.2, 0.25) is 0 Å². The summed E-state index contributed by atoms with van der Waals surface area (Å²) in [6, 6.07) is 4.60. The van der Waals surface area contributed by atoms with Crippen LogP contribution in [-0.4, -0.2) is 60.9 Å². The Morgan fingerprint density at radius 3 is 2.81 bits per heavy atom. The van der Waals surface area contributed by atoms with Crippen LogP contribution in [0.15, 0.2) is 18.3 Å². The number of pyridine rings is 1. The number of aliphatic hydroxyl groups is 1. The van der Waals surface area contributed by atoms with Gasteiger partial charge in [0.1, 0.15) is 0 Å². The molecule has 0 radical (unpaired) electrons. The summed E-state index contributed by atoms with van der Waals surface area (Å²) in [5.41, 5.74) is 2.30. The minimum Gasteiger partial charge on any atom is -0.395 e. The minimum atomic E-state index is 0.249. The molecule has 2 N–H and O–H groups in total. The summed E-state index contributed by atoms with van der Waals surface area (Å²) >= 11 is 0. The fourth-order valence-electron chi connectivity index (χ4n) is 2.85. The first-order valence-electron chi connectivity index (χ1n) is 8.02. The molecule has 1 aliphatic rings. The maximum absolute atomic E-state index is 9.05. The third-order valence-corrected chi connectivity index (χ3v) is 4.09. The van der Waals surface area contributed by atoms with Crippen LogP contribution >= 0.6 is 0 Å². The largest absolute Gasteiger partial charge is 0.395 e. The van der Waals surface area contributed by atoms with E-state index in [0.717, 1.165) is 51.4 Å². The molecule has 0 aromatic carbocycles. The molecular weight excluding hydrogens is 264 g/mol. The molecule has 118 valence electrons. The van der Waals surface area contributed by atoms with Crippen LogP contribution in [0.5, 0.6) is 0 Å². The van der Waals surface area contributed by atoms with Crippen LogP contribution in [0.1, 0.15) is 32.0 Å².